The van der Waals surface area contributed by atoms with E-state index in [0.717, 1.165) is 0 Å². The Hall–Kier alpha value is -2.13. The number of hydrogen-bond donors (Lipinski definition) is 1. The van der Waals surface area contributed by atoms with E-state index in [9.17, 15) is 32.3 Å². The number of carbonyl (C=O) groups is 4. The largest absolute Gasteiger partial charge is 0.471 e. The zero-order valence-corrected chi connectivity index (χ0v) is 10.2. The highest BCUT2D eigenvalue weighted by molar-refractivity contribution is 6.01. The summed E-state index contributed by atoms with van der Waals surface area (Å²) in [7, 11) is 0. The highest BCUT2D eigenvalue weighted by atomic mass is 19.4. The van der Waals surface area contributed by atoms with E-state index in [0.29, 0.717) is 5.06 Å². The third-order valence-electron chi connectivity index (χ3n) is 2.30. The molecule has 0 atom stereocenters. The molecule has 0 radical (unpaired) electrons. The molecule has 0 saturated carbocycles. The number of halogens is 3. The molecule has 1 saturated heterocycles. The summed E-state index contributed by atoms with van der Waals surface area (Å²) in [5.74, 6) is -4.33. The van der Waals surface area contributed by atoms with Crippen LogP contribution in [0, 0.1) is 0 Å². The summed E-state index contributed by atoms with van der Waals surface area (Å²) in [6.07, 6.45) is -5.53. The van der Waals surface area contributed by atoms with E-state index in [1.807, 2.05) is 0 Å². The second kappa shape index (κ2) is 6.35. The van der Waals surface area contributed by atoms with Crippen molar-refractivity contribution in [2.45, 2.75) is 31.9 Å². The van der Waals surface area contributed by atoms with Gasteiger partial charge in [-0.25, -0.2) is 4.79 Å². The normalized spacial score (nSPS) is 15.4. The molecule has 0 aromatic carbocycles. The summed E-state index contributed by atoms with van der Waals surface area (Å²) < 4.78 is 35.4. The smallest absolute Gasteiger partial charge is 0.348 e. The molecule has 10 heteroatoms. The fourth-order valence-electron chi connectivity index (χ4n) is 1.34. The van der Waals surface area contributed by atoms with Gasteiger partial charge in [-0.3, -0.25) is 14.4 Å². The Morgan fingerprint density at radius 1 is 1.20 bits per heavy atom. The van der Waals surface area contributed by atoms with Gasteiger partial charge in [0, 0.05) is 25.8 Å². The Kier molecular flexibility index (Phi) is 5.06. The van der Waals surface area contributed by atoms with E-state index in [1.54, 1.807) is 5.32 Å². The lowest BCUT2D eigenvalue weighted by atomic mass is 10.3. The van der Waals surface area contributed by atoms with Crippen molar-refractivity contribution < 1.29 is 37.2 Å². The van der Waals surface area contributed by atoms with Crippen LogP contribution in [0.25, 0.3) is 0 Å². The van der Waals surface area contributed by atoms with Gasteiger partial charge in [-0.2, -0.15) is 13.2 Å². The third kappa shape index (κ3) is 4.52. The van der Waals surface area contributed by atoms with E-state index in [4.69, 9.17) is 0 Å². The van der Waals surface area contributed by atoms with Crippen LogP contribution in [0.1, 0.15) is 25.7 Å². The molecule has 7 nitrogen and oxygen atoms in total. The van der Waals surface area contributed by atoms with E-state index >= 15 is 0 Å². The van der Waals surface area contributed by atoms with Crippen LogP contribution in [0.4, 0.5) is 13.2 Å². The maximum Gasteiger partial charge on any atom is 0.471 e. The van der Waals surface area contributed by atoms with Crippen LogP contribution in [0.5, 0.6) is 0 Å². The van der Waals surface area contributed by atoms with Crippen LogP contribution in [-0.2, 0) is 24.0 Å². The van der Waals surface area contributed by atoms with E-state index in [2.05, 4.69) is 4.84 Å². The van der Waals surface area contributed by atoms with Gasteiger partial charge in [0.25, 0.3) is 11.8 Å². The van der Waals surface area contributed by atoms with Crippen molar-refractivity contribution in [2.24, 2.45) is 0 Å². The number of nitrogens with zero attached hydrogens (tertiary/aromatic N) is 1. The van der Waals surface area contributed by atoms with Crippen molar-refractivity contribution in [2.75, 3.05) is 6.54 Å². The maximum atomic E-state index is 11.8. The zero-order chi connectivity index (χ0) is 15.3. The minimum Gasteiger partial charge on any atom is -0.348 e. The Morgan fingerprint density at radius 2 is 1.75 bits per heavy atom. The van der Waals surface area contributed by atoms with E-state index in [1.165, 1.54) is 0 Å². The topological polar surface area (TPSA) is 92.8 Å². The first-order valence-electron chi connectivity index (χ1n) is 5.63. The van der Waals surface area contributed by atoms with Crippen LogP contribution in [-0.4, -0.2) is 41.5 Å². The van der Waals surface area contributed by atoms with Crippen LogP contribution in [0.15, 0.2) is 0 Å². The first kappa shape index (κ1) is 15.9. The minimum absolute atomic E-state index is 0.0479. The number of carbonyl (C=O) groups excluding carboxylic acids is 4. The molecule has 0 aromatic heterocycles. The number of nitrogens with one attached hydrogen (secondary N) is 1. The number of hydroxylamine groups is 2. The molecule has 1 fully saturated rings. The average Bonchev–Trinajstić information content (AvgIpc) is 2.65. The quantitative estimate of drug-likeness (QED) is 0.571. The molecular weight excluding hydrogens is 285 g/mol. The van der Waals surface area contributed by atoms with Gasteiger partial charge in [-0.05, 0) is 6.42 Å². The lowest BCUT2D eigenvalue weighted by molar-refractivity contribution is -0.197. The van der Waals surface area contributed by atoms with Crippen LogP contribution in [0.3, 0.4) is 0 Å². The molecular formula is C10H11F3N2O5. The molecule has 1 heterocycles. The Labute approximate surface area is 111 Å². The lowest BCUT2D eigenvalue weighted by Crippen LogP contribution is -2.37. The second-order valence-electron chi connectivity index (χ2n) is 3.90. The molecule has 0 bridgehead atoms. The van der Waals surface area contributed by atoms with Gasteiger partial charge >= 0.3 is 18.1 Å². The molecule has 0 unspecified atom stereocenters. The fourth-order valence-corrected chi connectivity index (χ4v) is 1.34. The summed E-state index contributed by atoms with van der Waals surface area (Å²) in [6.45, 7) is -0.380. The number of imide groups is 1. The van der Waals surface area contributed by atoms with Crippen LogP contribution >= 0.6 is 0 Å². The first-order chi connectivity index (χ1) is 9.21. The highest BCUT2D eigenvalue weighted by Crippen LogP contribution is 2.14. The molecule has 1 N–H and O–H groups in total. The summed E-state index contributed by atoms with van der Waals surface area (Å²) in [4.78, 5) is 48.3. The van der Waals surface area contributed by atoms with Crippen molar-refractivity contribution in [3.05, 3.63) is 0 Å². The van der Waals surface area contributed by atoms with Crippen molar-refractivity contribution >= 4 is 23.7 Å². The fraction of sp³-hybridized carbons (Fsp3) is 0.600. The van der Waals surface area contributed by atoms with E-state index < -0.39 is 29.9 Å². The van der Waals surface area contributed by atoms with Gasteiger partial charge in [-0.1, -0.05) is 0 Å². The standard InChI is InChI=1S/C10H11F3N2O5/c11-10(12,13)9(19)14-5-1-2-8(18)20-15-6(16)3-4-7(15)17/h1-5H2,(H,14,19). The number of hydrogen-bond acceptors (Lipinski definition) is 5. The monoisotopic (exact) mass is 296 g/mol. The third-order valence-corrected chi connectivity index (χ3v) is 2.30. The van der Waals surface area contributed by atoms with Crippen molar-refractivity contribution in [1.82, 2.24) is 10.4 Å². The first-order valence-corrected chi connectivity index (χ1v) is 5.63. The minimum atomic E-state index is -4.98. The highest BCUT2D eigenvalue weighted by Gasteiger charge is 2.38. The average molecular weight is 296 g/mol. The molecule has 0 spiro atoms. The Morgan fingerprint density at radius 3 is 2.25 bits per heavy atom. The molecule has 1 aliphatic heterocycles. The molecule has 3 amide bonds. The van der Waals surface area contributed by atoms with E-state index in [-0.39, 0.29) is 32.2 Å². The summed E-state index contributed by atoms with van der Waals surface area (Å²) >= 11 is 0. The lowest BCUT2D eigenvalue weighted by Gasteiger charge is -2.12. The Bertz CT molecular complexity index is 419. The van der Waals surface area contributed by atoms with Gasteiger partial charge in [0.2, 0.25) is 0 Å². The molecule has 20 heavy (non-hydrogen) atoms. The van der Waals surface area contributed by atoms with Gasteiger partial charge in [0.15, 0.2) is 0 Å². The summed E-state index contributed by atoms with van der Waals surface area (Å²) in [5, 5.41) is 1.91. The summed E-state index contributed by atoms with van der Waals surface area (Å²) in [5.41, 5.74) is 0. The second-order valence-corrected chi connectivity index (χ2v) is 3.90. The van der Waals surface area contributed by atoms with Gasteiger partial charge < -0.3 is 10.2 Å². The molecule has 1 rings (SSSR count). The number of rotatable bonds is 5. The predicted molar refractivity (Wildman–Crippen MR) is 55.5 cm³/mol. The van der Waals surface area contributed by atoms with Crippen molar-refractivity contribution in [3.63, 3.8) is 0 Å². The number of amides is 3. The Balaban J connectivity index is 2.23. The van der Waals surface area contributed by atoms with Crippen LogP contribution < -0.4 is 5.32 Å². The molecule has 1 aliphatic rings. The predicted octanol–water partition coefficient (Wildman–Crippen LogP) is 0.0523. The summed E-state index contributed by atoms with van der Waals surface area (Å²) in [6, 6.07) is 0. The van der Waals surface area contributed by atoms with Crippen molar-refractivity contribution in [3.8, 4) is 0 Å². The molecule has 0 aromatic rings. The number of alkyl halides is 3. The van der Waals surface area contributed by atoms with Gasteiger partial charge in [-0.15, -0.1) is 5.06 Å². The van der Waals surface area contributed by atoms with Crippen molar-refractivity contribution in [1.29, 1.82) is 0 Å². The molecule has 112 valence electrons. The van der Waals surface area contributed by atoms with Gasteiger partial charge in [0.1, 0.15) is 0 Å². The van der Waals surface area contributed by atoms with Crippen LogP contribution in [0.2, 0.25) is 0 Å². The van der Waals surface area contributed by atoms with Gasteiger partial charge in [0.05, 0.1) is 0 Å². The molecule has 0 aliphatic carbocycles. The SMILES string of the molecule is O=C(CCCNC(=O)C(F)(F)F)ON1C(=O)CCC1=O. The maximum absolute atomic E-state index is 11.8. The zero-order valence-electron chi connectivity index (χ0n) is 10.2.